The molecule has 7 heteroatoms. The molecular weight excluding hydrogens is 348 g/mol. The number of nitrogens with two attached hydrogens (primary N) is 1. The fraction of sp³-hybridized carbons (Fsp3) is 0.368. The molecule has 0 saturated carbocycles. The Morgan fingerprint density at radius 3 is 2.85 bits per heavy atom. The van der Waals surface area contributed by atoms with Crippen molar-refractivity contribution in [1.29, 1.82) is 0 Å². The number of rotatable bonds is 11. The molecule has 0 saturated heterocycles. The maximum Gasteiger partial charge on any atom is 0.286 e. The summed E-state index contributed by atoms with van der Waals surface area (Å²) in [5, 5.41) is 3.35. The van der Waals surface area contributed by atoms with Gasteiger partial charge >= 0.3 is 0 Å². The van der Waals surface area contributed by atoms with Crippen molar-refractivity contribution >= 4 is 33.5 Å². The van der Waals surface area contributed by atoms with Crippen LogP contribution in [0, 0.1) is 4.91 Å². The van der Waals surface area contributed by atoms with Crippen LogP contribution in [-0.2, 0) is 11.2 Å². The molecule has 26 heavy (non-hydrogen) atoms. The predicted molar refractivity (Wildman–Crippen MR) is 108 cm³/mol. The first-order chi connectivity index (χ1) is 12.6. The summed E-state index contributed by atoms with van der Waals surface area (Å²) in [5.74, 6) is -0.611. The second-order valence-electron chi connectivity index (χ2n) is 5.99. The molecule has 2 N–H and O–H groups in total. The third kappa shape index (κ3) is 5.57. The van der Waals surface area contributed by atoms with Gasteiger partial charge in [0.1, 0.15) is 5.01 Å². The molecule has 0 unspecified atom stereocenters. The summed E-state index contributed by atoms with van der Waals surface area (Å²) >= 11 is 1.63. The van der Waals surface area contributed by atoms with E-state index < -0.39 is 5.91 Å². The molecule has 0 fully saturated rings. The van der Waals surface area contributed by atoms with Crippen LogP contribution in [-0.4, -0.2) is 35.4 Å². The standard InChI is InChI=1S/C19H24N4O2S/c1-3-19-21-16-9-8-15(13-17(16)26-19)7-6-14(2)23(12-10-20)11-4-5-18(24)22-25/h3,8-9,13H,1-2,4-7,10-12,20H2. The second-order valence-corrected chi connectivity index (χ2v) is 7.05. The molecule has 0 aliphatic carbocycles. The van der Waals surface area contributed by atoms with Crippen LogP contribution in [0.4, 0.5) is 0 Å². The van der Waals surface area contributed by atoms with E-state index in [4.69, 9.17) is 5.73 Å². The van der Waals surface area contributed by atoms with Crippen molar-refractivity contribution in [3.05, 3.63) is 52.5 Å². The van der Waals surface area contributed by atoms with E-state index in [9.17, 15) is 9.70 Å². The molecule has 2 aromatic rings. The van der Waals surface area contributed by atoms with Crippen LogP contribution in [0.5, 0.6) is 0 Å². The van der Waals surface area contributed by atoms with Gasteiger partial charge in [0.05, 0.1) is 10.2 Å². The van der Waals surface area contributed by atoms with Gasteiger partial charge in [-0.2, -0.15) is 0 Å². The number of aromatic nitrogens is 1. The van der Waals surface area contributed by atoms with Gasteiger partial charge in [-0.05, 0) is 43.0 Å². The lowest BCUT2D eigenvalue weighted by molar-refractivity contribution is -0.118. The van der Waals surface area contributed by atoms with Crippen molar-refractivity contribution in [1.82, 2.24) is 9.88 Å². The molecule has 2 rings (SSSR count). The van der Waals surface area contributed by atoms with Crippen molar-refractivity contribution in [2.75, 3.05) is 19.6 Å². The van der Waals surface area contributed by atoms with E-state index >= 15 is 0 Å². The van der Waals surface area contributed by atoms with Crippen LogP contribution >= 0.6 is 11.3 Å². The van der Waals surface area contributed by atoms with E-state index in [2.05, 4.69) is 40.4 Å². The first kappa shape index (κ1) is 19.9. The Kier molecular flexibility index (Phi) is 7.62. The lowest BCUT2D eigenvalue weighted by Gasteiger charge is -2.26. The number of nitroso groups, excluding NO2 is 1. The number of aryl methyl sites for hydroxylation is 1. The smallest absolute Gasteiger partial charge is 0.286 e. The largest absolute Gasteiger partial charge is 0.374 e. The van der Waals surface area contributed by atoms with Crippen LogP contribution in [0.2, 0.25) is 0 Å². The van der Waals surface area contributed by atoms with E-state index in [0.29, 0.717) is 26.1 Å². The average molecular weight is 372 g/mol. The predicted octanol–water partition coefficient (Wildman–Crippen LogP) is 3.72. The Balaban J connectivity index is 1.92. The zero-order valence-corrected chi connectivity index (χ0v) is 15.6. The molecule has 0 aliphatic rings. The van der Waals surface area contributed by atoms with E-state index in [1.807, 2.05) is 6.07 Å². The highest BCUT2D eigenvalue weighted by molar-refractivity contribution is 7.19. The molecule has 1 amide bonds. The van der Waals surface area contributed by atoms with Gasteiger partial charge in [0.15, 0.2) is 0 Å². The normalized spacial score (nSPS) is 10.7. The maximum atomic E-state index is 11.0. The Hall–Kier alpha value is -2.38. The second kappa shape index (κ2) is 9.94. The fourth-order valence-corrected chi connectivity index (χ4v) is 3.61. The summed E-state index contributed by atoms with van der Waals surface area (Å²) in [6, 6.07) is 6.28. The molecule has 0 bridgehead atoms. The minimum atomic E-state index is -0.611. The molecule has 1 heterocycles. The van der Waals surface area contributed by atoms with E-state index in [0.717, 1.165) is 33.8 Å². The van der Waals surface area contributed by atoms with Crippen LogP contribution in [0.3, 0.4) is 0 Å². The average Bonchev–Trinajstić information content (AvgIpc) is 3.07. The third-order valence-electron chi connectivity index (χ3n) is 4.11. The van der Waals surface area contributed by atoms with Gasteiger partial charge in [0.2, 0.25) is 0 Å². The van der Waals surface area contributed by atoms with Gasteiger partial charge in [-0.25, -0.2) is 4.98 Å². The van der Waals surface area contributed by atoms with Gasteiger partial charge < -0.3 is 10.6 Å². The van der Waals surface area contributed by atoms with E-state index in [1.54, 1.807) is 17.4 Å². The van der Waals surface area contributed by atoms with Crippen LogP contribution in [0.25, 0.3) is 16.3 Å². The Bertz CT molecular complexity index is 800. The summed E-state index contributed by atoms with van der Waals surface area (Å²) in [6.45, 7) is 9.76. The van der Waals surface area contributed by atoms with Gasteiger partial charge in [0, 0.05) is 36.9 Å². The SMILES string of the molecule is C=Cc1nc2ccc(CCC(=C)N(CCN)CCCC(=O)N=O)cc2s1. The molecule has 0 atom stereocenters. The number of hydrogen-bond acceptors (Lipinski definition) is 6. The number of nitrogens with zero attached hydrogens (tertiary/aromatic N) is 3. The van der Waals surface area contributed by atoms with Crippen LogP contribution < -0.4 is 5.73 Å². The number of carbonyl (C=O) groups is 1. The van der Waals surface area contributed by atoms with Crippen LogP contribution in [0.15, 0.2) is 42.2 Å². The summed E-state index contributed by atoms with van der Waals surface area (Å²) < 4.78 is 1.15. The molecule has 1 aromatic heterocycles. The Morgan fingerprint density at radius 1 is 1.35 bits per heavy atom. The van der Waals surface area contributed by atoms with Crippen molar-refractivity contribution in [3.63, 3.8) is 0 Å². The first-order valence-corrected chi connectivity index (χ1v) is 9.40. The summed E-state index contributed by atoms with van der Waals surface area (Å²) in [6.07, 6.45) is 4.17. The molecular formula is C19H24N4O2S. The number of hydrogen-bond donors (Lipinski definition) is 1. The number of benzene rings is 1. The Morgan fingerprint density at radius 2 is 2.15 bits per heavy atom. The number of thiazole rings is 1. The van der Waals surface area contributed by atoms with Crippen molar-refractivity contribution in [3.8, 4) is 0 Å². The zero-order valence-electron chi connectivity index (χ0n) is 14.8. The monoisotopic (exact) mass is 372 g/mol. The number of amides is 1. The summed E-state index contributed by atoms with van der Waals surface area (Å²) in [5.41, 5.74) is 8.88. The Labute approximate surface area is 157 Å². The third-order valence-corrected chi connectivity index (χ3v) is 5.13. The van der Waals surface area contributed by atoms with Crippen molar-refractivity contribution < 1.29 is 4.79 Å². The van der Waals surface area contributed by atoms with Gasteiger partial charge in [-0.3, -0.25) is 4.79 Å². The summed E-state index contributed by atoms with van der Waals surface area (Å²) in [4.78, 5) is 27.7. The highest BCUT2D eigenvalue weighted by Gasteiger charge is 2.10. The lowest BCUT2D eigenvalue weighted by Crippen LogP contribution is -2.30. The molecule has 6 nitrogen and oxygen atoms in total. The van der Waals surface area contributed by atoms with Crippen molar-refractivity contribution in [2.45, 2.75) is 25.7 Å². The summed E-state index contributed by atoms with van der Waals surface area (Å²) in [7, 11) is 0. The topological polar surface area (TPSA) is 88.7 Å². The zero-order chi connectivity index (χ0) is 18.9. The molecule has 0 radical (unpaired) electrons. The minimum Gasteiger partial charge on any atom is -0.374 e. The maximum absolute atomic E-state index is 11.0. The quantitative estimate of drug-likeness (QED) is 0.607. The molecule has 138 valence electrons. The van der Waals surface area contributed by atoms with E-state index in [-0.39, 0.29) is 6.42 Å². The van der Waals surface area contributed by atoms with Gasteiger partial charge in [-0.15, -0.1) is 16.2 Å². The number of carbonyl (C=O) groups excluding carboxylic acids is 1. The molecule has 0 aliphatic heterocycles. The van der Waals surface area contributed by atoms with Gasteiger partial charge in [0.25, 0.3) is 5.91 Å². The highest BCUT2D eigenvalue weighted by Crippen LogP contribution is 2.25. The fourth-order valence-electron chi connectivity index (χ4n) is 2.73. The molecule has 0 spiro atoms. The van der Waals surface area contributed by atoms with Crippen molar-refractivity contribution in [2.24, 2.45) is 10.9 Å². The highest BCUT2D eigenvalue weighted by atomic mass is 32.1. The van der Waals surface area contributed by atoms with E-state index in [1.165, 1.54) is 5.56 Å². The first-order valence-electron chi connectivity index (χ1n) is 8.58. The number of fused-ring (bicyclic) bond motifs is 1. The lowest BCUT2D eigenvalue weighted by atomic mass is 10.1. The van der Waals surface area contributed by atoms with Gasteiger partial charge in [-0.1, -0.05) is 19.2 Å². The minimum absolute atomic E-state index is 0.158. The number of allylic oxidation sites excluding steroid dienone is 1. The molecule has 1 aromatic carbocycles. The van der Waals surface area contributed by atoms with Crippen LogP contribution in [0.1, 0.15) is 29.8 Å².